The van der Waals surface area contributed by atoms with Gasteiger partial charge in [0.1, 0.15) is 6.54 Å². The summed E-state index contributed by atoms with van der Waals surface area (Å²) in [4.78, 5) is 15.2. The van der Waals surface area contributed by atoms with Gasteiger partial charge in [0.2, 0.25) is 5.91 Å². The predicted molar refractivity (Wildman–Crippen MR) is 70.0 cm³/mol. The molecule has 0 aliphatic carbocycles. The number of hydrogen-bond donors (Lipinski definition) is 3. The first kappa shape index (κ1) is 13.0. The minimum atomic E-state index is -0.228. The largest absolute Gasteiger partial charge is 0.370 e. The zero-order chi connectivity index (χ0) is 13.0. The van der Waals surface area contributed by atoms with Gasteiger partial charge in [-0.25, -0.2) is 4.99 Å². The van der Waals surface area contributed by atoms with E-state index in [-0.39, 0.29) is 18.4 Å². The minimum Gasteiger partial charge on any atom is -0.370 e. The standard InChI is InChI=1S/C12H18N4O/c1-7-4-8(2)11(9(3)5-7)16-10(17)6-15-12(13)14/h4-5H,6H2,1-3H3,(H,16,17)(H4,13,14,15). The normalized spacial score (nSPS) is 9.82. The highest BCUT2D eigenvalue weighted by molar-refractivity contribution is 5.95. The Morgan fingerprint density at radius 3 is 2.24 bits per heavy atom. The molecule has 1 amide bonds. The molecule has 5 heteroatoms. The maximum Gasteiger partial charge on any atom is 0.246 e. The monoisotopic (exact) mass is 234 g/mol. The smallest absolute Gasteiger partial charge is 0.246 e. The highest BCUT2D eigenvalue weighted by Crippen LogP contribution is 2.21. The number of aryl methyl sites for hydroxylation is 3. The van der Waals surface area contributed by atoms with Gasteiger partial charge in [-0.3, -0.25) is 4.79 Å². The van der Waals surface area contributed by atoms with Crippen LogP contribution in [0.4, 0.5) is 5.69 Å². The second kappa shape index (κ2) is 5.34. The average molecular weight is 234 g/mol. The van der Waals surface area contributed by atoms with Gasteiger partial charge in [0.25, 0.3) is 0 Å². The first-order chi connectivity index (χ1) is 7.90. The van der Waals surface area contributed by atoms with Crippen LogP contribution in [-0.4, -0.2) is 18.4 Å². The molecule has 1 aromatic carbocycles. The van der Waals surface area contributed by atoms with Crippen LogP contribution in [0.5, 0.6) is 0 Å². The fourth-order valence-corrected chi connectivity index (χ4v) is 1.72. The summed E-state index contributed by atoms with van der Waals surface area (Å²) in [6.45, 7) is 5.87. The number of hydrogen-bond acceptors (Lipinski definition) is 2. The Kier molecular flexibility index (Phi) is 4.09. The number of benzene rings is 1. The Hall–Kier alpha value is -2.04. The van der Waals surface area contributed by atoms with Crippen LogP contribution in [0.15, 0.2) is 17.1 Å². The Balaban J connectivity index is 2.82. The number of carbonyl (C=O) groups excluding carboxylic acids is 1. The van der Waals surface area contributed by atoms with E-state index in [9.17, 15) is 4.79 Å². The van der Waals surface area contributed by atoms with Crippen molar-refractivity contribution >= 4 is 17.6 Å². The lowest BCUT2D eigenvalue weighted by Crippen LogP contribution is -2.25. The third-order valence-corrected chi connectivity index (χ3v) is 2.35. The molecule has 0 atom stereocenters. The summed E-state index contributed by atoms with van der Waals surface area (Å²) < 4.78 is 0. The number of carbonyl (C=O) groups is 1. The third-order valence-electron chi connectivity index (χ3n) is 2.35. The molecule has 0 unspecified atom stereocenters. The zero-order valence-electron chi connectivity index (χ0n) is 10.4. The molecular weight excluding hydrogens is 216 g/mol. The van der Waals surface area contributed by atoms with Crippen LogP contribution in [0.25, 0.3) is 0 Å². The van der Waals surface area contributed by atoms with Crippen LogP contribution < -0.4 is 16.8 Å². The van der Waals surface area contributed by atoms with Gasteiger partial charge in [0.05, 0.1) is 0 Å². The molecule has 0 radical (unpaired) electrons. The van der Waals surface area contributed by atoms with Gasteiger partial charge in [-0.1, -0.05) is 17.7 Å². The molecule has 1 rings (SSSR count). The van der Waals surface area contributed by atoms with Crippen molar-refractivity contribution in [2.45, 2.75) is 20.8 Å². The van der Waals surface area contributed by atoms with Gasteiger partial charge in [0, 0.05) is 5.69 Å². The molecule has 0 fully saturated rings. The van der Waals surface area contributed by atoms with E-state index in [2.05, 4.69) is 10.3 Å². The predicted octanol–water partition coefficient (Wildman–Crippen LogP) is 0.824. The van der Waals surface area contributed by atoms with Crippen LogP contribution in [0.1, 0.15) is 16.7 Å². The van der Waals surface area contributed by atoms with Crippen LogP contribution in [-0.2, 0) is 4.79 Å². The number of nitrogens with one attached hydrogen (secondary N) is 1. The fourth-order valence-electron chi connectivity index (χ4n) is 1.72. The number of nitrogens with zero attached hydrogens (tertiary/aromatic N) is 1. The van der Waals surface area contributed by atoms with Gasteiger partial charge in [0.15, 0.2) is 5.96 Å². The molecule has 0 aliphatic heterocycles. The van der Waals surface area contributed by atoms with E-state index in [1.165, 1.54) is 5.56 Å². The van der Waals surface area contributed by atoms with Crippen molar-refractivity contribution in [3.63, 3.8) is 0 Å². The van der Waals surface area contributed by atoms with Gasteiger partial charge in [-0.05, 0) is 31.9 Å². The molecule has 0 aliphatic rings. The average Bonchev–Trinajstić information content (AvgIpc) is 2.20. The van der Waals surface area contributed by atoms with Crippen molar-refractivity contribution in [3.05, 3.63) is 28.8 Å². The summed E-state index contributed by atoms with van der Waals surface area (Å²) in [5, 5.41) is 2.80. The molecule has 5 N–H and O–H groups in total. The Bertz CT molecular complexity index is 439. The number of aliphatic imine (C=N–C) groups is 1. The maximum absolute atomic E-state index is 11.6. The summed E-state index contributed by atoms with van der Waals surface area (Å²) >= 11 is 0. The molecule has 0 spiro atoms. The number of amides is 1. The molecule has 0 bridgehead atoms. The van der Waals surface area contributed by atoms with Crippen molar-refractivity contribution in [2.24, 2.45) is 16.5 Å². The van der Waals surface area contributed by atoms with E-state index in [0.717, 1.165) is 16.8 Å². The van der Waals surface area contributed by atoms with Crippen molar-refractivity contribution in [3.8, 4) is 0 Å². The summed E-state index contributed by atoms with van der Waals surface area (Å²) in [7, 11) is 0. The van der Waals surface area contributed by atoms with E-state index in [4.69, 9.17) is 11.5 Å². The number of guanidine groups is 1. The first-order valence-electron chi connectivity index (χ1n) is 5.33. The van der Waals surface area contributed by atoms with Gasteiger partial charge in [-0.2, -0.15) is 0 Å². The second-order valence-corrected chi connectivity index (χ2v) is 4.06. The molecule has 17 heavy (non-hydrogen) atoms. The highest BCUT2D eigenvalue weighted by atomic mass is 16.1. The van der Waals surface area contributed by atoms with Gasteiger partial charge < -0.3 is 16.8 Å². The minimum absolute atomic E-state index is 0.0604. The molecule has 1 aromatic rings. The van der Waals surface area contributed by atoms with Crippen LogP contribution in [0.2, 0.25) is 0 Å². The van der Waals surface area contributed by atoms with Crippen molar-refractivity contribution in [1.82, 2.24) is 0 Å². The quantitative estimate of drug-likeness (QED) is 0.534. The van der Waals surface area contributed by atoms with Gasteiger partial charge >= 0.3 is 0 Å². The molecular formula is C12H18N4O. The zero-order valence-corrected chi connectivity index (χ0v) is 10.4. The van der Waals surface area contributed by atoms with E-state index < -0.39 is 0 Å². The third kappa shape index (κ3) is 3.79. The van der Waals surface area contributed by atoms with Gasteiger partial charge in [-0.15, -0.1) is 0 Å². The lowest BCUT2D eigenvalue weighted by atomic mass is 10.1. The van der Waals surface area contributed by atoms with E-state index in [1.807, 2.05) is 32.9 Å². The maximum atomic E-state index is 11.6. The SMILES string of the molecule is Cc1cc(C)c(NC(=O)CN=C(N)N)c(C)c1. The van der Waals surface area contributed by atoms with Crippen LogP contribution in [0, 0.1) is 20.8 Å². The fraction of sp³-hybridized carbons (Fsp3) is 0.333. The van der Waals surface area contributed by atoms with E-state index >= 15 is 0 Å². The summed E-state index contributed by atoms with van der Waals surface area (Å²) in [6, 6.07) is 4.03. The van der Waals surface area contributed by atoms with E-state index in [0.29, 0.717) is 0 Å². The molecule has 0 heterocycles. The molecule has 5 nitrogen and oxygen atoms in total. The van der Waals surface area contributed by atoms with Crippen molar-refractivity contribution in [1.29, 1.82) is 0 Å². The number of nitrogens with two attached hydrogens (primary N) is 2. The Labute approximate surface area is 101 Å². The molecule has 92 valence electrons. The molecule has 0 saturated carbocycles. The van der Waals surface area contributed by atoms with Crippen LogP contribution >= 0.6 is 0 Å². The van der Waals surface area contributed by atoms with Crippen molar-refractivity contribution < 1.29 is 4.79 Å². The lowest BCUT2D eigenvalue weighted by molar-refractivity contribution is -0.114. The Morgan fingerprint density at radius 1 is 1.24 bits per heavy atom. The Morgan fingerprint density at radius 2 is 1.76 bits per heavy atom. The second-order valence-electron chi connectivity index (χ2n) is 4.06. The summed E-state index contributed by atoms with van der Waals surface area (Å²) in [5.74, 6) is -0.314. The topological polar surface area (TPSA) is 93.5 Å². The van der Waals surface area contributed by atoms with E-state index in [1.54, 1.807) is 0 Å². The molecule has 0 saturated heterocycles. The van der Waals surface area contributed by atoms with Crippen molar-refractivity contribution in [2.75, 3.05) is 11.9 Å². The summed E-state index contributed by atoms with van der Waals surface area (Å²) in [6.07, 6.45) is 0. The highest BCUT2D eigenvalue weighted by Gasteiger charge is 2.07. The number of rotatable bonds is 3. The van der Waals surface area contributed by atoms with Crippen LogP contribution in [0.3, 0.4) is 0 Å². The summed E-state index contributed by atoms with van der Waals surface area (Å²) in [5.41, 5.74) is 14.4. The number of anilines is 1. The molecule has 0 aromatic heterocycles. The lowest BCUT2D eigenvalue weighted by Gasteiger charge is -2.12. The first-order valence-corrected chi connectivity index (χ1v) is 5.33.